The molecule has 3 rings (SSSR count). The van der Waals surface area contributed by atoms with Gasteiger partial charge in [-0.3, -0.25) is 24.6 Å². The van der Waals surface area contributed by atoms with Crippen molar-refractivity contribution in [2.24, 2.45) is 0 Å². The molecule has 0 atom stereocenters. The first-order valence-corrected chi connectivity index (χ1v) is 12.8. The van der Waals surface area contributed by atoms with E-state index in [-0.39, 0.29) is 53.6 Å². The number of imide groups is 1. The lowest BCUT2D eigenvalue weighted by atomic mass is 10.2. The summed E-state index contributed by atoms with van der Waals surface area (Å²) in [6.45, 7) is 4.77. The van der Waals surface area contributed by atoms with Gasteiger partial charge in [-0.25, -0.2) is 8.42 Å². The second kappa shape index (κ2) is 11.3. The number of hydrogen-bond acceptors (Lipinski definition) is 8. The number of amides is 3. The van der Waals surface area contributed by atoms with Gasteiger partial charge in [0.05, 0.1) is 4.90 Å². The minimum absolute atomic E-state index is 0.0135. The molecular weight excluding hydrogens is 462 g/mol. The van der Waals surface area contributed by atoms with Gasteiger partial charge >= 0.3 is 6.01 Å². The Hall–Kier alpha value is -3.12. The van der Waals surface area contributed by atoms with Crippen LogP contribution in [0.2, 0.25) is 0 Å². The molecule has 1 aliphatic rings. The van der Waals surface area contributed by atoms with E-state index < -0.39 is 15.9 Å². The van der Waals surface area contributed by atoms with E-state index in [1.807, 2.05) is 13.8 Å². The summed E-state index contributed by atoms with van der Waals surface area (Å²) in [5.41, 5.74) is 0.206. The highest BCUT2D eigenvalue weighted by Gasteiger charge is 2.30. The normalized spacial score (nSPS) is 14.3. The predicted molar refractivity (Wildman–Crippen MR) is 122 cm³/mol. The smallest absolute Gasteiger partial charge is 0.322 e. The molecule has 0 spiro atoms. The van der Waals surface area contributed by atoms with E-state index in [4.69, 9.17) is 4.42 Å². The van der Waals surface area contributed by atoms with Crippen molar-refractivity contribution in [3.63, 3.8) is 0 Å². The lowest BCUT2D eigenvalue weighted by Gasteiger charge is -2.22. The maximum atomic E-state index is 13.0. The third-order valence-corrected chi connectivity index (χ3v) is 7.32. The second-order valence-corrected chi connectivity index (χ2v) is 9.90. The summed E-state index contributed by atoms with van der Waals surface area (Å²) >= 11 is 0. The predicted octanol–water partition coefficient (Wildman–Crippen LogP) is 2.56. The van der Waals surface area contributed by atoms with Crippen molar-refractivity contribution in [3.8, 4) is 0 Å². The number of likely N-dealkylation sites (tertiary alicyclic amines) is 1. The molecule has 1 saturated heterocycles. The Morgan fingerprint density at radius 1 is 1.03 bits per heavy atom. The van der Waals surface area contributed by atoms with E-state index >= 15 is 0 Å². The van der Waals surface area contributed by atoms with Crippen LogP contribution in [0.3, 0.4) is 0 Å². The Labute approximate surface area is 198 Å². The van der Waals surface area contributed by atoms with Crippen LogP contribution in [0, 0.1) is 0 Å². The highest BCUT2D eigenvalue weighted by Crippen LogP contribution is 2.20. The Morgan fingerprint density at radius 2 is 1.62 bits per heavy atom. The summed E-state index contributed by atoms with van der Waals surface area (Å²) in [5, 5.41) is 9.89. The molecule has 2 aromatic rings. The quantitative estimate of drug-likeness (QED) is 0.446. The van der Waals surface area contributed by atoms with Crippen molar-refractivity contribution >= 4 is 33.8 Å². The lowest BCUT2D eigenvalue weighted by molar-refractivity contribution is -0.139. The van der Waals surface area contributed by atoms with Crippen LogP contribution < -0.4 is 5.32 Å². The zero-order chi connectivity index (χ0) is 24.7. The molecule has 1 fully saturated rings. The number of nitrogens with zero attached hydrogens (tertiary/aromatic N) is 4. The molecule has 2 heterocycles. The second-order valence-electron chi connectivity index (χ2n) is 7.96. The molecule has 12 heteroatoms. The number of hydrogen-bond donors (Lipinski definition) is 1. The molecule has 0 unspecified atom stereocenters. The number of nitrogens with one attached hydrogen (secondary N) is 1. The van der Waals surface area contributed by atoms with Crippen LogP contribution in [-0.2, 0) is 26.2 Å². The number of carbonyl (C=O) groups excluding carboxylic acids is 3. The van der Waals surface area contributed by atoms with Crippen LogP contribution in [0.5, 0.6) is 0 Å². The van der Waals surface area contributed by atoms with Gasteiger partial charge < -0.3 is 4.42 Å². The van der Waals surface area contributed by atoms with E-state index in [0.29, 0.717) is 13.1 Å². The van der Waals surface area contributed by atoms with Gasteiger partial charge in [0.1, 0.15) is 6.54 Å². The maximum absolute atomic E-state index is 13.0. The molecule has 1 N–H and O–H groups in total. The number of rotatable bonds is 12. The molecule has 0 saturated carbocycles. The fourth-order valence-corrected chi connectivity index (χ4v) is 4.94. The minimum Gasteiger partial charge on any atom is -0.406 e. The van der Waals surface area contributed by atoms with Crippen LogP contribution in [-0.4, -0.2) is 58.6 Å². The van der Waals surface area contributed by atoms with Gasteiger partial charge in [0.25, 0.3) is 5.91 Å². The molecule has 0 bridgehead atoms. The molecule has 0 aliphatic carbocycles. The SMILES string of the molecule is CCCCN(CCCC)S(=O)(=O)c1ccc(C(=O)Nc2nnc(CN3C(=O)CCC3=O)o2)cc1. The van der Waals surface area contributed by atoms with Crippen LogP contribution in [0.25, 0.3) is 0 Å². The number of anilines is 1. The number of unbranched alkanes of at least 4 members (excludes halogenated alkanes) is 2. The molecule has 34 heavy (non-hydrogen) atoms. The molecule has 1 aliphatic heterocycles. The highest BCUT2D eigenvalue weighted by atomic mass is 32.2. The van der Waals surface area contributed by atoms with Gasteiger partial charge in [-0.15, -0.1) is 5.10 Å². The number of benzene rings is 1. The third-order valence-electron chi connectivity index (χ3n) is 5.41. The number of sulfonamides is 1. The van der Waals surface area contributed by atoms with E-state index in [1.54, 1.807) is 0 Å². The van der Waals surface area contributed by atoms with Crippen molar-refractivity contribution in [1.29, 1.82) is 0 Å². The Kier molecular flexibility index (Phi) is 8.51. The standard InChI is InChI=1S/C22H29N5O6S/c1-3-5-13-26(14-6-4-2)34(31,32)17-9-7-16(8-10-17)21(30)23-22-25-24-18(33-22)15-27-19(28)11-12-20(27)29/h7-10H,3-6,11-15H2,1-2H3,(H,23,25,30). The largest absolute Gasteiger partial charge is 0.406 e. The number of carbonyl (C=O) groups is 3. The Bertz CT molecular complexity index is 1100. The minimum atomic E-state index is -3.66. The van der Waals surface area contributed by atoms with E-state index in [1.165, 1.54) is 28.6 Å². The Morgan fingerprint density at radius 3 is 2.18 bits per heavy atom. The van der Waals surface area contributed by atoms with Crippen LogP contribution in [0.15, 0.2) is 33.6 Å². The number of aromatic nitrogens is 2. The Balaban J connectivity index is 1.65. The van der Waals surface area contributed by atoms with Gasteiger partial charge in [0.15, 0.2) is 0 Å². The highest BCUT2D eigenvalue weighted by molar-refractivity contribution is 7.89. The van der Waals surface area contributed by atoms with Gasteiger partial charge in [0.2, 0.25) is 27.7 Å². The van der Waals surface area contributed by atoms with Crippen LogP contribution >= 0.6 is 0 Å². The zero-order valence-corrected chi connectivity index (χ0v) is 20.1. The van der Waals surface area contributed by atoms with E-state index in [9.17, 15) is 22.8 Å². The maximum Gasteiger partial charge on any atom is 0.322 e. The van der Waals surface area contributed by atoms with Crippen molar-refractivity contribution in [1.82, 2.24) is 19.4 Å². The van der Waals surface area contributed by atoms with Crippen LogP contribution in [0.1, 0.15) is 68.6 Å². The topological polar surface area (TPSA) is 143 Å². The van der Waals surface area contributed by atoms with E-state index in [2.05, 4.69) is 15.5 Å². The van der Waals surface area contributed by atoms with Crippen molar-refractivity contribution < 1.29 is 27.2 Å². The van der Waals surface area contributed by atoms with Crippen molar-refractivity contribution in [3.05, 3.63) is 35.7 Å². The molecule has 184 valence electrons. The average molecular weight is 492 g/mol. The molecular formula is C22H29N5O6S. The monoisotopic (exact) mass is 491 g/mol. The van der Waals surface area contributed by atoms with Crippen molar-refractivity contribution in [2.45, 2.75) is 63.8 Å². The summed E-state index contributed by atoms with van der Waals surface area (Å²) in [6.07, 6.45) is 3.62. The third kappa shape index (κ3) is 6.06. The van der Waals surface area contributed by atoms with Crippen molar-refractivity contribution in [2.75, 3.05) is 18.4 Å². The summed E-state index contributed by atoms with van der Waals surface area (Å²) in [5.74, 6) is -1.18. The van der Waals surface area contributed by atoms with E-state index in [0.717, 1.165) is 30.6 Å². The summed E-state index contributed by atoms with van der Waals surface area (Å²) in [6, 6.07) is 5.44. The first-order valence-electron chi connectivity index (χ1n) is 11.3. The van der Waals surface area contributed by atoms with Gasteiger partial charge in [-0.1, -0.05) is 31.8 Å². The van der Waals surface area contributed by atoms with Gasteiger partial charge in [0, 0.05) is 31.5 Å². The summed E-state index contributed by atoms with van der Waals surface area (Å²) < 4.78 is 32.9. The van der Waals surface area contributed by atoms with Gasteiger partial charge in [-0.2, -0.15) is 4.31 Å². The summed E-state index contributed by atoms with van der Waals surface area (Å²) in [7, 11) is -3.66. The first-order chi connectivity index (χ1) is 16.3. The van der Waals surface area contributed by atoms with Crippen LogP contribution in [0.4, 0.5) is 6.01 Å². The molecule has 3 amide bonds. The van der Waals surface area contributed by atoms with Gasteiger partial charge in [-0.05, 0) is 37.1 Å². The molecule has 1 aromatic heterocycles. The molecule has 1 aromatic carbocycles. The molecule has 11 nitrogen and oxygen atoms in total. The lowest BCUT2D eigenvalue weighted by Crippen LogP contribution is -2.33. The summed E-state index contributed by atoms with van der Waals surface area (Å²) in [4.78, 5) is 37.1. The first kappa shape index (κ1) is 25.5. The zero-order valence-electron chi connectivity index (χ0n) is 19.3. The molecule has 0 radical (unpaired) electrons. The average Bonchev–Trinajstić information content (AvgIpc) is 3.40. The fraction of sp³-hybridized carbons (Fsp3) is 0.500. The fourth-order valence-electron chi connectivity index (χ4n) is 3.42.